The molecule has 0 spiro atoms. The van der Waals surface area contributed by atoms with Gasteiger partial charge in [-0.3, -0.25) is 9.36 Å². The number of anilines is 1. The van der Waals surface area contributed by atoms with E-state index < -0.39 is 0 Å². The molecule has 152 valence electrons. The average molecular weight is 417 g/mol. The second-order valence-corrected chi connectivity index (χ2v) is 8.15. The molecule has 6 heteroatoms. The van der Waals surface area contributed by atoms with E-state index in [1.807, 2.05) is 34.9 Å². The highest BCUT2D eigenvalue weighted by Crippen LogP contribution is 2.26. The monoisotopic (exact) mass is 416 g/mol. The molecular formula is C24H24N4OS. The summed E-state index contributed by atoms with van der Waals surface area (Å²) in [6.07, 6.45) is 2.66. The van der Waals surface area contributed by atoms with Crippen molar-refractivity contribution < 1.29 is 4.79 Å². The molecule has 0 saturated carbocycles. The first-order valence-electron chi connectivity index (χ1n) is 10.0. The highest BCUT2D eigenvalue weighted by molar-refractivity contribution is 7.98. The zero-order chi connectivity index (χ0) is 20.9. The Morgan fingerprint density at radius 2 is 1.90 bits per heavy atom. The molecule has 4 aromatic rings. The van der Waals surface area contributed by atoms with Crippen molar-refractivity contribution in [1.29, 1.82) is 0 Å². The predicted octanol–water partition coefficient (Wildman–Crippen LogP) is 5.23. The van der Waals surface area contributed by atoms with Crippen LogP contribution in [0.25, 0.3) is 11.2 Å². The van der Waals surface area contributed by atoms with E-state index in [1.165, 1.54) is 16.7 Å². The fourth-order valence-corrected chi connectivity index (χ4v) is 4.30. The third-order valence-electron chi connectivity index (χ3n) is 4.84. The maximum Gasteiger partial charge on any atom is 0.244 e. The standard InChI is InChI=1S/C24H24N4OS/c1-3-18-8-5-10-20(14-18)26-22(29)15-28-23-21(11-6-12-25-23)27-24(28)30-16-19-9-4-7-17(2)13-19/h4-14H,3,15-16H2,1-2H3,(H,26,29). The van der Waals surface area contributed by atoms with Gasteiger partial charge in [0.2, 0.25) is 5.91 Å². The molecule has 0 atom stereocenters. The molecule has 30 heavy (non-hydrogen) atoms. The Balaban J connectivity index is 1.55. The van der Waals surface area contributed by atoms with Crippen molar-refractivity contribution in [1.82, 2.24) is 14.5 Å². The molecule has 1 amide bonds. The van der Waals surface area contributed by atoms with Gasteiger partial charge in [-0.05, 0) is 48.7 Å². The molecule has 0 aliphatic rings. The van der Waals surface area contributed by atoms with Crippen LogP contribution in [-0.4, -0.2) is 20.4 Å². The van der Waals surface area contributed by atoms with Crippen molar-refractivity contribution in [2.75, 3.05) is 5.32 Å². The molecular weight excluding hydrogens is 392 g/mol. The maximum absolute atomic E-state index is 12.8. The summed E-state index contributed by atoms with van der Waals surface area (Å²) in [5.41, 5.74) is 5.98. The molecule has 2 aromatic heterocycles. The lowest BCUT2D eigenvalue weighted by molar-refractivity contribution is -0.116. The van der Waals surface area contributed by atoms with E-state index in [0.717, 1.165) is 34.2 Å². The molecule has 0 fully saturated rings. The Morgan fingerprint density at radius 3 is 2.73 bits per heavy atom. The number of pyridine rings is 1. The van der Waals surface area contributed by atoms with E-state index in [-0.39, 0.29) is 12.5 Å². The van der Waals surface area contributed by atoms with Gasteiger partial charge in [-0.25, -0.2) is 9.97 Å². The van der Waals surface area contributed by atoms with Crippen LogP contribution in [0.2, 0.25) is 0 Å². The number of hydrogen-bond donors (Lipinski definition) is 1. The van der Waals surface area contributed by atoms with Crippen molar-refractivity contribution >= 4 is 34.5 Å². The summed E-state index contributed by atoms with van der Waals surface area (Å²) < 4.78 is 1.90. The summed E-state index contributed by atoms with van der Waals surface area (Å²) in [7, 11) is 0. The van der Waals surface area contributed by atoms with Crippen molar-refractivity contribution in [2.24, 2.45) is 0 Å². The minimum atomic E-state index is -0.0920. The van der Waals surface area contributed by atoms with E-state index >= 15 is 0 Å². The first-order valence-corrected chi connectivity index (χ1v) is 11.0. The summed E-state index contributed by atoms with van der Waals surface area (Å²) in [5.74, 6) is 0.691. The van der Waals surface area contributed by atoms with Gasteiger partial charge in [0, 0.05) is 17.6 Å². The third kappa shape index (κ3) is 4.71. The van der Waals surface area contributed by atoms with E-state index in [1.54, 1.807) is 18.0 Å². The predicted molar refractivity (Wildman–Crippen MR) is 123 cm³/mol. The summed E-state index contributed by atoms with van der Waals surface area (Å²) >= 11 is 1.62. The van der Waals surface area contributed by atoms with Gasteiger partial charge in [-0.2, -0.15) is 0 Å². The molecule has 5 nitrogen and oxygen atoms in total. The molecule has 0 radical (unpaired) electrons. The summed E-state index contributed by atoms with van der Waals surface area (Å²) in [6, 6.07) is 20.2. The lowest BCUT2D eigenvalue weighted by atomic mass is 10.1. The number of hydrogen-bond acceptors (Lipinski definition) is 4. The number of imidazole rings is 1. The lowest BCUT2D eigenvalue weighted by Gasteiger charge is -2.10. The number of carbonyl (C=O) groups is 1. The molecule has 1 N–H and O–H groups in total. The zero-order valence-electron chi connectivity index (χ0n) is 17.1. The second kappa shape index (κ2) is 9.13. The van der Waals surface area contributed by atoms with Crippen LogP contribution in [-0.2, 0) is 23.5 Å². The van der Waals surface area contributed by atoms with E-state index in [4.69, 9.17) is 4.98 Å². The number of thioether (sulfide) groups is 1. The normalized spacial score (nSPS) is 11.0. The fourth-order valence-electron chi connectivity index (χ4n) is 3.35. The number of nitrogens with zero attached hydrogens (tertiary/aromatic N) is 3. The first kappa shape index (κ1) is 20.2. The minimum Gasteiger partial charge on any atom is -0.325 e. The number of rotatable bonds is 7. The number of aromatic nitrogens is 3. The topological polar surface area (TPSA) is 59.8 Å². The molecule has 0 aliphatic heterocycles. The van der Waals surface area contributed by atoms with Crippen LogP contribution in [0.4, 0.5) is 5.69 Å². The van der Waals surface area contributed by atoms with Gasteiger partial charge >= 0.3 is 0 Å². The zero-order valence-corrected chi connectivity index (χ0v) is 17.9. The summed E-state index contributed by atoms with van der Waals surface area (Å²) in [5, 5.41) is 3.80. The van der Waals surface area contributed by atoms with E-state index in [9.17, 15) is 4.79 Å². The quantitative estimate of drug-likeness (QED) is 0.419. The number of fused-ring (bicyclic) bond motifs is 1. The van der Waals surface area contributed by atoms with Gasteiger partial charge in [-0.1, -0.05) is 60.6 Å². The highest BCUT2D eigenvalue weighted by atomic mass is 32.2. The molecule has 0 bridgehead atoms. The third-order valence-corrected chi connectivity index (χ3v) is 5.89. The highest BCUT2D eigenvalue weighted by Gasteiger charge is 2.15. The van der Waals surface area contributed by atoms with Crippen LogP contribution >= 0.6 is 11.8 Å². The number of amides is 1. The molecule has 0 aliphatic carbocycles. The van der Waals surface area contributed by atoms with E-state index in [0.29, 0.717) is 0 Å². The van der Waals surface area contributed by atoms with Crippen molar-refractivity contribution in [3.8, 4) is 0 Å². The molecule has 4 rings (SSSR count). The largest absolute Gasteiger partial charge is 0.325 e. The van der Waals surface area contributed by atoms with Crippen molar-refractivity contribution in [3.63, 3.8) is 0 Å². The van der Waals surface area contributed by atoms with Crippen LogP contribution in [0.5, 0.6) is 0 Å². The second-order valence-electron chi connectivity index (χ2n) is 7.21. The van der Waals surface area contributed by atoms with Crippen molar-refractivity contribution in [2.45, 2.75) is 37.7 Å². The van der Waals surface area contributed by atoms with Crippen LogP contribution in [0, 0.1) is 6.92 Å². The maximum atomic E-state index is 12.8. The van der Waals surface area contributed by atoms with Gasteiger partial charge in [-0.15, -0.1) is 0 Å². The van der Waals surface area contributed by atoms with Crippen LogP contribution in [0.1, 0.15) is 23.6 Å². The van der Waals surface area contributed by atoms with Gasteiger partial charge in [0.1, 0.15) is 12.1 Å². The van der Waals surface area contributed by atoms with Crippen molar-refractivity contribution in [3.05, 3.63) is 83.6 Å². The molecule has 0 saturated heterocycles. The number of carbonyl (C=O) groups excluding carboxylic acids is 1. The van der Waals surface area contributed by atoms with E-state index in [2.05, 4.69) is 54.5 Å². The number of aryl methyl sites for hydroxylation is 2. The first-order chi connectivity index (χ1) is 14.6. The lowest BCUT2D eigenvalue weighted by Crippen LogP contribution is -2.19. The molecule has 2 aromatic carbocycles. The fraction of sp³-hybridized carbons (Fsp3) is 0.208. The summed E-state index contributed by atoms with van der Waals surface area (Å²) in [4.78, 5) is 22.0. The smallest absolute Gasteiger partial charge is 0.244 e. The Bertz CT molecular complexity index is 1180. The van der Waals surface area contributed by atoms with Gasteiger partial charge in [0.15, 0.2) is 10.8 Å². The number of nitrogens with one attached hydrogen (secondary N) is 1. The van der Waals surface area contributed by atoms with Gasteiger partial charge in [0.25, 0.3) is 0 Å². The Hall–Kier alpha value is -3.12. The SMILES string of the molecule is CCc1cccc(NC(=O)Cn2c(SCc3cccc(C)c3)nc3cccnc32)c1. The number of benzene rings is 2. The summed E-state index contributed by atoms with van der Waals surface area (Å²) in [6.45, 7) is 4.35. The van der Waals surface area contributed by atoms with Gasteiger partial charge < -0.3 is 5.32 Å². The van der Waals surface area contributed by atoms with Crippen LogP contribution < -0.4 is 5.32 Å². The van der Waals surface area contributed by atoms with Crippen LogP contribution in [0.15, 0.2) is 72.0 Å². The molecule has 0 unspecified atom stereocenters. The van der Waals surface area contributed by atoms with Crippen LogP contribution in [0.3, 0.4) is 0 Å². The molecule has 2 heterocycles. The average Bonchev–Trinajstić information content (AvgIpc) is 3.10. The minimum absolute atomic E-state index is 0.0920. The van der Waals surface area contributed by atoms with Gasteiger partial charge in [0.05, 0.1) is 0 Å². The Morgan fingerprint density at radius 1 is 1.07 bits per heavy atom. The Labute approximate surface area is 180 Å². The Kier molecular flexibility index (Phi) is 6.14.